The SMILES string of the molecule is CCOC(=O)/C=C/c1cc(=O)n(C)cc1-c1ncccc1C(=O)c1ccc(Cl)cc1.CCOC(=O)CC1N=C(c2ccc(Cl)cc2)c2cccnc2-c2cn(C)c(=O)cc21. The predicted octanol–water partition coefficient (Wildman–Crippen LogP) is 7.85. The molecular formula is C46H39Cl2N5O7. The average molecular weight is 845 g/mol. The van der Waals surface area contributed by atoms with Gasteiger partial charge in [0.05, 0.1) is 42.8 Å². The summed E-state index contributed by atoms with van der Waals surface area (Å²) in [7, 11) is 3.30. The van der Waals surface area contributed by atoms with Gasteiger partial charge in [0.15, 0.2) is 5.78 Å². The molecule has 1 aliphatic rings. The number of rotatable bonds is 10. The molecule has 7 rings (SSSR count). The summed E-state index contributed by atoms with van der Waals surface area (Å²) in [5, 5.41) is 1.15. The van der Waals surface area contributed by atoms with E-state index in [0.29, 0.717) is 55.0 Å². The summed E-state index contributed by atoms with van der Waals surface area (Å²) in [4.78, 5) is 75.7. The van der Waals surface area contributed by atoms with Gasteiger partial charge in [-0.2, -0.15) is 0 Å². The Bertz CT molecular complexity index is 2760. The number of halogens is 2. The van der Waals surface area contributed by atoms with Gasteiger partial charge in [-0.15, -0.1) is 0 Å². The molecule has 0 amide bonds. The molecule has 5 heterocycles. The van der Waals surface area contributed by atoms with Crippen LogP contribution in [-0.2, 0) is 33.2 Å². The van der Waals surface area contributed by atoms with Crippen LogP contribution in [0.4, 0.5) is 0 Å². The molecule has 12 nitrogen and oxygen atoms in total. The number of pyridine rings is 4. The first kappa shape index (κ1) is 42.8. The first-order valence-electron chi connectivity index (χ1n) is 18.8. The number of aliphatic imine (C=N–C) groups is 1. The summed E-state index contributed by atoms with van der Waals surface area (Å²) in [5.74, 6) is -1.13. The lowest BCUT2D eigenvalue weighted by molar-refractivity contribution is -0.143. The monoisotopic (exact) mass is 843 g/mol. The first-order valence-corrected chi connectivity index (χ1v) is 19.6. The number of carbonyl (C=O) groups is 3. The highest BCUT2D eigenvalue weighted by Gasteiger charge is 2.28. The molecule has 1 atom stereocenters. The van der Waals surface area contributed by atoms with Crippen molar-refractivity contribution in [3.05, 3.63) is 180 Å². The molecule has 6 aromatic rings. The Morgan fingerprint density at radius 2 is 1.33 bits per heavy atom. The molecule has 0 bridgehead atoms. The molecule has 0 fully saturated rings. The molecule has 2 aromatic carbocycles. The van der Waals surface area contributed by atoms with Crippen LogP contribution in [0.2, 0.25) is 10.0 Å². The molecule has 1 aliphatic heterocycles. The van der Waals surface area contributed by atoms with E-state index in [-0.39, 0.29) is 42.5 Å². The highest BCUT2D eigenvalue weighted by molar-refractivity contribution is 6.31. The minimum Gasteiger partial charge on any atom is -0.466 e. The minimum atomic E-state index is -0.576. The normalized spacial score (nSPS) is 12.9. The van der Waals surface area contributed by atoms with E-state index in [4.69, 9.17) is 37.7 Å². The summed E-state index contributed by atoms with van der Waals surface area (Å²) in [5.41, 5.74) is 6.29. The molecule has 4 aromatic heterocycles. The van der Waals surface area contributed by atoms with E-state index in [2.05, 4.69) is 9.97 Å². The summed E-state index contributed by atoms with van der Waals surface area (Å²) in [6.07, 6.45) is 9.37. The topological polar surface area (TPSA) is 152 Å². The Labute approximate surface area is 355 Å². The molecule has 14 heteroatoms. The fraction of sp³-hybridized carbons (Fsp3) is 0.174. The van der Waals surface area contributed by atoms with Crippen LogP contribution in [0.15, 0.2) is 130 Å². The number of esters is 2. The third-order valence-corrected chi connectivity index (χ3v) is 9.87. The van der Waals surface area contributed by atoms with Crippen molar-refractivity contribution in [3.8, 4) is 22.5 Å². The Balaban J connectivity index is 0.000000201. The van der Waals surface area contributed by atoms with E-state index in [1.165, 1.54) is 33.4 Å². The fourth-order valence-electron chi connectivity index (χ4n) is 6.48. The standard InChI is InChI=1S/C23H20ClN3O3.C23H19ClN2O4/c1-3-30-21(29)12-19-17-11-20(28)27(2)13-18(17)23-16(5-4-10-25-23)22(26-19)14-6-8-15(24)9-7-14;1-3-30-21(28)11-8-16-13-20(27)26(2)14-19(16)22-18(5-4-12-25-22)23(29)15-6-9-17(24)10-7-15/h4-11,13,19H,3,12H2,1-2H3;4-14H,3H2,1-2H3/b;11-8+. The second-order valence-electron chi connectivity index (χ2n) is 13.4. The van der Waals surface area contributed by atoms with Gasteiger partial charge in [0.2, 0.25) is 0 Å². The Morgan fingerprint density at radius 1 is 0.733 bits per heavy atom. The van der Waals surface area contributed by atoms with E-state index < -0.39 is 12.0 Å². The van der Waals surface area contributed by atoms with Gasteiger partial charge in [0.25, 0.3) is 11.1 Å². The molecule has 304 valence electrons. The lowest BCUT2D eigenvalue weighted by Crippen LogP contribution is -2.19. The van der Waals surface area contributed by atoms with Crippen molar-refractivity contribution in [2.24, 2.45) is 19.1 Å². The number of ether oxygens (including phenoxy) is 2. The smallest absolute Gasteiger partial charge is 0.330 e. The van der Waals surface area contributed by atoms with Gasteiger partial charge >= 0.3 is 11.9 Å². The Kier molecular flexibility index (Phi) is 13.8. The van der Waals surface area contributed by atoms with E-state index in [1.807, 2.05) is 24.3 Å². The second-order valence-corrected chi connectivity index (χ2v) is 14.3. The van der Waals surface area contributed by atoms with E-state index in [1.54, 1.807) is 101 Å². The van der Waals surface area contributed by atoms with Gasteiger partial charge in [-0.25, -0.2) is 4.79 Å². The molecule has 0 N–H and O–H groups in total. The van der Waals surface area contributed by atoms with Crippen molar-refractivity contribution in [1.29, 1.82) is 0 Å². The van der Waals surface area contributed by atoms with Gasteiger partial charge in [-0.1, -0.05) is 35.3 Å². The van der Waals surface area contributed by atoms with Gasteiger partial charge in [0.1, 0.15) is 0 Å². The maximum absolute atomic E-state index is 13.1. The number of nitrogens with zero attached hydrogens (tertiary/aromatic N) is 5. The number of aryl methyl sites for hydroxylation is 2. The van der Waals surface area contributed by atoms with Gasteiger partial charge in [-0.05, 0) is 91.7 Å². The number of hydrogen-bond acceptors (Lipinski definition) is 10. The van der Waals surface area contributed by atoms with E-state index >= 15 is 0 Å². The molecule has 1 unspecified atom stereocenters. The number of hydrogen-bond donors (Lipinski definition) is 0. The summed E-state index contributed by atoms with van der Waals surface area (Å²) >= 11 is 12.0. The maximum Gasteiger partial charge on any atom is 0.330 e. The van der Waals surface area contributed by atoms with Crippen LogP contribution in [0, 0.1) is 0 Å². The zero-order valence-corrected chi connectivity index (χ0v) is 34.6. The predicted molar refractivity (Wildman–Crippen MR) is 231 cm³/mol. The van der Waals surface area contributed by atoms with E-state index in [9.17, 15) is 24.0 Å². The molecular weight excluding hydrogens is 805 g/mol. The van der Waals surface area contributed by atoms with Gasteiger partial charge in [-0.3, -0.25) is 34.1 Å². The number of aromatic nitrogens is 4. The molecule has 60 heavy (non-hydrogen) atoms. The quantitative estimate of drug-likeness (QED) is 0.0763. The van der Waals surface area contributed by atoms with Gasteiger partial charge in [0, 0.05) is 101 Å². The summed E-state index contributed by atoms with van der Waals surface area (Å²) in [6, 6.07) is 23.4. The zero-order chi connectivity index (χ0) is 42.9. The Morgan fingerprint density at radius 3 is 2.00 bits per heavy atom. The number of ketones is 1. The van der Waals surface area contributed by atoms with Crippen LogP contribution < -0.4 is 11.1 Å². The molecule has 0 radical (unpaired) electrons. The largest absolute Gasteiger partial charge is 0.466 e. The number of benzene rings is 2. The van der Waals surface area contributed by atoms with Crippen molar-refractivity contribution >= 4 is 52.7 Å². The van der Waals surface area contributed by atoms with Crippen molar-refractivity contribution < 1.29 is 23.9 Å². The third-order valence-electron chi connectivity index (χ3n) is 9.37. The lowest BCUT2D eigenvalue weighted by Gasteiger charge is -2.15. The van der Waals surface area contributed by atoms with Crippen molar-refractivity contribution in [3.63, 3.8) is 0 Å². The molecule has 0 spiro atoms. The fourth-order valence-corrected chi connectivity index (χ4v) is 6.74. The average Bonchev–Trinajstić information content (AvgIpc) is 3.36. The molecule has 0 aliphatic carbocycles. The summed E-state index contributed by atoms with van der Waals surface area (Å²) in [6.45, 7) is 3.99. The minimum absolute atomic E-state index is 0.0269. The molecule has 0 saturated carbocycles. The van der Waals surface area contributed by atoms with Gasteiger partial charge < -0.3 is 18.6 Å². The zero-order valence-electron chi connectivity index (χ0n) is 33.1. The Hall–Kier alpha value is -6.76. The first-order chi connectivity index (χ1) is 28.9. The number of carbonyl (C=O) groups excluding carboxylic acids is 3. The van der Waals surface area contributed by atoms with Crippen LogP contribution in [0.3, 0.4) is 0 Å². The highest BCUT2D eigenvalue weighted by atomic mass is 35.5. The maximum atomic E-state index is 13.1. The van der Waals surface area contributed by atoms with Crippen LogP contribution in [-0.4, -0.2) is 55.7 Å². The van der Waals surface area contributed by atoms with Crippen LogP contribution in [0.5, 0.6) is 0 Å². The lowest BCUT2D eigenvalue weighted by atomic mass is 9.96. The summed E-state index contributed by atoms with van der Waals surface area (Å²) < 4.78 is 13.0. The third kappa shape index (κ3) is 9.91. The van der Waals surface area contributed by atoms with Crippen molar-refractivity contribution in [2.45, 2.75) is 26.3 Å². The van der Waals surface area contributed by atoms with Crippen molar-refractivity contribution in [1.82, 2.24) is 19.1 Å². The molecule has 0 saturated heterocycles. The van der Waals surface area contributed by atoms with Crippen LogP contribution >= 0.6 is 23.2 Å². The second kappa shape index (κ2) is 19.3. The number of fused-ring (bicyclic) bond motifs is 3. The van der Waals surface area contributed by atoms with Crippen molar-refractivity contribution in [2.75, 3.05) is 13.2 Å². The van der Waals surface area contributed by atoms with E-state index in [0.717, 1.165) is 16.7 Å². The van der Waals surface area contributed by atoms with Crippen LogP contribution in [0.25, 0.3) is 28.6 Å². The van der Waals surface area contributed by atoms with Crippen LogP contribution in [0.1, 0.15) is 64.5 Å². The highest BCUT2D eigenvalue weighted by Crippen LogP contribution is 2.37.